The van der Waals surface area contributed by atoms with Gasteiger partial charge in [-0.2, -0.15) is 0 Å². The van der Waals surface area contributed by atoms with Crippen LogP contribution in [0.1, 0.15) is 26.7 Å². The lowest BCUT2D eigenvalue weighted by Gasteiger charge is -2.43. The van der Waals surface area contributed by atoms with Crippen molar-refractivity contribution in [1.82, 2.24) is 9.80 Å². The van der Waals surface area contributed by atoms with Gasteiger partial charge < -0.3 is 4.74 Å². The highest BCUT2D eigenvalue weighted by atomic mass is 16.6. The summed E-state index contributed by atoms with van der Waals surface area (Å²) in [6, 6.07) is 0. The molecule has 0 bridgehead atoms. The molecule has 4 nitrogen and oxygen atoms in total. The van der Waals surface area contributed by atoms with Crippen LogP contribution < -0.4 is 0 Å². The first-order chi connectivity index (χ1) is 7.20. The third-order valence-electron chi connectivity index (χ3n) is 3.54. The third kappa shape index (κ3) is 1.88. The van der Waals surface area contributed by atoms with E-state index in [0.29, 0.717) is 6.54 Å². The summed E-state index contributed by atoms with van der Waals surface area (Å²) >= 11 is 0. The molecule has 0 aromatic carbocycles. The summed E-state index contributed by atoms with van der Waals surface area (Å²) in [6.07, 6.45) is 2.11. The summed E-state index contributed by atoms with van der Waals surface area (Å²) in [4.78, 5) is 15.9. The fourth-order valence-electron chi connectivity index (χ4n) is 2.71. The van der Waals surface area contributed by atoms with E-state index in [1.165, 1.54) is 0 Å². The number of carbonyl (C=O) groups is 1. The Morgan fingerprint density at radius 2 is 2.20 bits per heavy atom. The summed E-state index contributed by atoms with van der Waals surface area (Å²) in [6.45, 7) is 8.66. The summed E-state index contributed by atoms with van der Waals surface area (Å²) in [7, 11) is 0. The zero-order valence-electron chi connectivity index (χ0n) is 9.66. The molecule has 0 N–H and O–H groups in total. The molecule has 0 aromatic heterocycles. The van der Waals surface area contributed by atoms with Crippen LogP contribution in [0.25, 0.3) is 0 Å². The molecule has 1 atom stereocenters. The molecular formula is C11H20N2O2. The largest absolute Gasteiger partial charge is 0.441 e. The van der Waals surface area contributed by atoms with Gasteiger partial charge in [-0.1, -0.05) is 13.8 Å². The van der Waals surface area contributed by atoms with Crippen LogP contribution in [-0.4, -0.2) is 54.2 Å². The maximum absolute atomic E-state index is 11.4. The lowest BCUT2D eigenvalue weighted by atomic mass is 10.00. The molecule has 2 saturated heterocycles. The zero-order valence-corrected chi connectivity index (χ0v) is 9.66. The predicted molar refractivity (Wildman–Crippen MR) is 57.4 cm³/mol. The number of piperidine rings is 1. The number of hydrogen-bond acceptors (Lipinski definition) is 4. The van der Waals surface area contributed by atoms with Gasteiger partial charge in [-0.15, -0.1) is 0 Å². The highest BCUT2D eigenvalue weighted by Gasteiger charge is 2.48. The van der Waals surface area contributed by atoms with Gasteiger partial charge in [0.1, 0.15) is 6.54 Å². The van der Waals surface area contributed by atoms with Gasteiger partial charge in [0.25, 0.3) is 0 Å². The first-order valence-electron chi connectivity index (χ1n) is 5.89. The van der Waals surface area contributed by atoms with E-state index in [1.807, 2.05) is 0 Å². The molecular weight excluding hydrogens is 192 g/mol. The van der Waals surface area contributed by atoms with Crippen LogP contribution in [-0.2, 0) is 9.53 Å². The molecule has 0 aliphatic carbocycles. The topological polar surface area (TPSA) is 32.8 Å². The van der Waals surface area contributed by atoms with E-state index < -0.39 is 0 Å². The number of carbonyl (C=O) groups excluding carboxylic acids is 1. The molecule has 2 rings (SSSR count). The molecule has 2 aliphatic heterocycles. The number of rotatable bonds is 2. The van der Waals surface area contributed by atoms with Gasteiger partial charge in [0, 0.05) is 6.42 Å². The van der Waals surface area contributed by atoms with Crippen molar-refractivity contribution in [2.24, 2.45) is 0 Å². The molecule has 0 aromatic rings. The maximum Gasteiger partial charge on any atom is 0.322 e. The molecule has 1 unspecified atom stereocenters. The molecule has 1 spiro atoms. The van der Waals surface area contributed by atoms with Crippen LogP contribution in [0.2, 0.25) is 0 Å². The van der Waals surface area contributed by atoms with Gasteiger partial charge in [-0.05, 0) is 26.1 Å². The highest BCUT2D eigenvalue weighted by molar-refractivity contribution is 5.74. The fourth-order valence-corrected chi connectivity index (χ4v) is 2.71. The maximum atomic E-state index is 11.4. The van der Waals surface area contributed by atoms with E-state index in [2.05, 4.69) is 23.6 Å². The molecule has 15 heavy (non-hydrogen) atoms. The van der Waals surface area contributed by atoms with E-state index >= 15 is 0 Å². The van der Waals surface area contributed by atoms with Crippen molar-refractivity contribution in [1.29, 1.82) is 0 Å². The standard InChI is InChI=1S/C11H20N2O2/c1-3-12-7-5-6-11(9-12)13(4-2)8-10(14)15-11/h3-9H2,1-2H3. The Morgan fingerprint density at radius 3 is 2.87 bits per heavy atom. The van der Waals surface area contributed by atoms with Crippen LogP contribution in [0.15, 0.2) is 0 Å². The summed E-state index contributed by atoms with van der Waals surface area (Å²) in [5.41, 5.74) is -0.305. The van der Waals surface area contributed by atoms with Gasteiger partial charge in [0.05, 0.1) is 6.54 Å². The minimum absolute atomic E-state index is 0.0604. The van der Waals surface area contributed by atoms with Crippen LogP contribution in [0, 0.1) is 0 Å². The molecule has 2 aliphatic rings. The molecule has 0 saturated carbocycles. The van der Waals surface area contributed by atoms with E-state index in [9.17, 15) is 4.79 Å². The van der Waals surface area contributed by atoms with Crippen molar-refractivity contribution in [2.75, 3.05) is 32.7 Å². The second-order valence-electron chi connectivity index (χ2n) is 4.41. The molecule has 86 valence electrons. The molecule has 0 amide bonds. The summed E-state index contributed by atoms with van der Waals surface area (Å²) in [5.74, 6) is -0.0604. The van der Waals surface area contributed by atoms with Crippen LogP contribution >= 0.6 is 0 Å². The number of nitrogens with zero attached hydrogens (tertiary/aromatic N) is 2. The van der Waals surface area contributed by atoms with Crippen LogP contribution in [0.4, 0.5) is 0 Å². The Balaban J connectivity index is 2.13. The second kappa shape index (κ2) is 4.10. The van der Waals surface area contributed by atoms with E-state index in [4.69, 9.17) is 4.74 Å². The number of esters is 1. The fraction of sp³-hybridized carbons (Fsp3) is 0.909. The SMILES string of the molecule is CCN1CCCC2(C1)OC(=O)CN2CC. The van der Waals surface area contributed by atoms with Gasteiger partial charge in [-0.25, -0.2) is 0 Å². The minimum Gasteiger partial charge on any atom is -0.441 e. The average Bonchev–Trinajstić information content (AvgIpc) is 2.54. The lowest BCUT2D eigenvalue weighted by Crippen LogP contribution is -2.56. The first kappa shape index (κ1) is 10.9. The molecule has 4 heteroatoms. The zero-order chi connectivity index (χ0) is 10.9. The Hall–Kier alpha value is -0.610. The van der Waals surface area contributed by atoms with Crippen molar-refractivity contribution < 1.29 is 9.53 Å². The van der Waals surface area contributed by atoms with Gasteiger partial charge in [0.2, 0.25) is 0 Å². The van der Waals surface area contributed by atoms with E-state index in [1.54, 1.807) is 0 Å². The van der Waals surface area contributed by atoms with E-state index in [-0.39, 0.29) is 11.7 Å². The van der Waals surface area contributed by atoms with Crippen LogP contribution in [0.5, 0.6) is 0 Å². The van der Waals surface area contributed by atoms with E-state index in [0.717, 1.165) is 39.0 Å². The van der Waals surface area contributed by atoms with Crippen LogP contribution in [0.3, 0.4) is 0 Å². The van der Waals surface area contributed by atoms with Crippen molar-refractivity contribution in [2.45, 2.75) is 32.4 Å². The van der Waals surface area contributed by atoms with Crippen molar-refractivity contribution in [3.8, 4) is 0 Å². The normalized spacial score (nSPS) is 33.6. The minimum atomic E-state index is -0.305. The van der Waals surface area contributed by atoms with Crippen molar-refractivity contribution in [3.63, 3.8) is 0 Å². The summed E-state index contributed by atoms with van der Waals surface area (Å²) in [5, 5.41) is 0. The molecule has 2 heterocycles. The number of likely N-dealkylation sites (N-methyl/N-ethyl adjacent to an activating group) is 2. The second-order valence-corrected chi connectivity index (χ2v) is 4.41. The van der Waals surface area contributed by atoms with Gasteiger partial charge in [-0.3, -0.25) is 14.6 Å². The first-order valence-corrected chi connectivity index (χ1v) is 5.89. The van der Waals surface area contributed by atoms with Crippen molar-refractivity contribution >= 4 is 5.97 Å². The van der Waals surface area contributed by atoms with Gasteiger partial charge >= 0.3 is 5.97 Å². The Morgan fingerprint density at radius 1 is 1.40 bits per heavy atom. The number of hydrogen-bond donors (Lipinski definition) is 0. The monoisotopic (exact) mass is 212 g/mol. The Labute approximate surface area is 91.2 Å². The number of likely N-dealkylation sites (tertiary alicyclic amines) is 1. The lowest BCUT2D eigenvalue weighted by molar-refractivity contribution is -0.162. The molecule has 2 fully saturated rings. The van der Waals surface area contributed by atoms with Crippen molar-refractivity contribution in [3.05, 3.63) is 0 Å². The third-order valence-corrected chi connectivity index (χ3v) is 3.54. The Bertz CT molecular complexity index is 257. The average molecular weight is 212 g/mol. The Kier molecular flexibility index (Phi) is 2.98. The predicted octanol–water partition coefficient (Wildman–Crippen LogP) is 0.677. The number of ether oxygens (including phenoxy) is 1. The highest BCUT2D eigenvalue weighted by Crippen LogP contribution is 2.32. The summed E-state index contributed by atoms with van der Waals surface area (Å²) < 4.78 is 5.57. The molecule has 0 radical (unpaired) electrons. The smallest absolute Gasteiger partial charge is 0.322 e. The van der Waals surface area contributed by atoms with Gasteiger partial charge in [0.15, 0.2) is 5.72 Å². The quantitative estimate of drug-likeness (QED) is 0.630.